The van der Waals surface area contributed by atoms with Crippen molar-refractivity contribution >= 4 is 23.2 Å². The third-order valence-electron chi connectivity index (χ3n) is 2.81. The van der Waals surface area contributed by atoms with Crippen LogP contribution in [-0.2, 0) is 9.47 Å². The molecular formula is C13H19Cl2NO2. The van der Waals surface area contributed by atoms with Gasteiger partial charge in [0, 0.05) is 30.3 Å². The largest absolute Gasteiger partial charge is 0.354 e. The van der Waals surface area contributed by atoms with Gasteiger partial charge < -0.3 is 14.8 Å². The molecule has 5 heteroatoms. The Bertz CT molecular complexity index is 383. The Kier molecular flexibility index (Phi) is 6.39. The predicted octanol–water partition coefficient (Wildman–Crippen LogP) is 3.65. The lowest BCUT2D eigenvalue weighted by Crippen LogP contribution is -2.40. The van der Waals surface area contributed by atoms with Crippen LogP contribution < -0.4 is 5.32 Å². The number of rotatable bonds is 6. The SMILES string of the molecule is COC(OC)C(C)NC(C)c1ccc(Cl)cc1Cl. The highest BCUT2D eigenvalue weighted by Gasteiger charge is 2.19. The van der Waals surface area contributed by atoms with Crippen molar-refractivity contribution in [3.63, 3.8) is 0 Å². The summed E-state index contributed by atoms with van der Waals surface area (Å²) in [6, 6.07) is 5.62. The summed E-state index contributed by atoms with van der Waals surface area (Å²) in [4.78, 5) is 0. The molecule has 0 aliphatic rings. The maximum Gasteiger partial charge on any atom is 0.171 e. The van der Waals surface area contributed by atoms with Crippen molar-refractivity contribution < 1.29 is 9.47 Å². The van der Waals surface area contributed by atoms with E-state index in [1.165, 1.54) is 0 Å². The van der Waals surface area contributed by atoms with Crippen molar-refractivity contribution in [3.05, 3.63) is 33.8 Å². The summed E-state index contributed by atoms with van der Waals surface area (Å²) in [5, 5.41) is 4.67. The van der Waals surface area contributed by atoms with Crippen LogP contribution in [0.5, 0.6) is 0 Å². The number of halogens is 2. The first kappa shape index (κ1) is 15.7. The van der Waals surface area contributed by atoms with E-state index in [1.807, 2.05) is 26.0 Å². The molecule has 1 N–H and O–H groups in total. The van der Waals surface area contributed by atoms with E-state index in [9.17, 15) is 0 Å². The fourth-order valence-electron chi connectivity index (χ4n) is 1.92. The van der Waals surface area contributed by atoms with E-state index < -0.39 is 0 Å². The summed E-state index contributed by atoms with van der Waals surface area (Å²) in [6.07, 6.45) is -0.293. The molecule has 0 aromatic heterocycles. The number of benzene rings is 1. The summed E-state index contributed by atoms with van der Waals surface area (Å²) in [6.45, 7) is 4.03. The minimum Gasteiger partial charge on any atom is -0.354 e. The molecule has 0 amide bonds. The van der Waals surface area contributed by atoms with Crippen molar-refractivity contribution in [1.29, 1.82) is 0 Å². The third kappa shape index (κ3) is 4.11. The zero-order chi connectivity index (χ0) is 13.7. The fraction of sp³-hybridized carbons (Fsp3) is 0.538. The van der Waals surface area contributed by atoms with E-state index >= 15 is 0 Å². The highest BCUT2D eigenvalue weighted by atomic mass is 35.5. The quantitative estimate of drug-likeness (QED) is 0.812. The van der Waals surface area contributed by atoms with E-state index in [2.05, 4.69) is 5.32 Å². The van der Waals surface area contributed by atoms with Gasteiger partial charge in [0.15, 0.2) is 6.29 Å². The first-order chi connectivity index (χ1) is 8.49. The van der Waals surface area contributed by atoms with Crippen LogP contribution in [0.15, 0.2) is 18.2 Å². The van der Waals surface area contributed by atoms with Gasteiger partial charge in [0.1, 0.15) is 0 Å². The van der Waals surface area contributed by atoms with Crippen LogP contribution in [0.4, 0.5) is 0 Å². The molecule has 0 radical (unpaired) electrons. The molecule has 0 heterocycles. The van der Waals surface area contributed by atoms with Gasteiger partial charge in [0.2, 0.25) is 0 Å². The number of methoxy groups -OCH3 is 2. The van der Waals surface area contributed by atoms with Gasteiger partial charge in [-0.05, 0) is 31.5 Å². The van der Waals surface area contributed by atoms with Crippen molar-refractivity contribution in [2.75, 3.05) is 14.2 Å². The molecule has 18 heavy (non-hydrogen) atoms. The van der Waals surface area contributed by atoms with Crippen molar-refractivity contribution in [1.82, 2.24) is 5.32 Å². The Morgan fingerprint density at radius 3 is 2.22 bits per heavy atom. The average Bonchev–Trinajstić information content (AvgIpc) is 2.30. The van der Waals surface area contributed by atoms with Crippen LogP contribution in [0.2, 0.25) is 10.0 Å². The normalized spacial score (nSPS) is 14.8. The lowest BCUT2D eigenvalue weighted by Gasteiger charge is -2.26. The molecule has 3 nitrogen and oxygen atoms in total. The van der Waals surface area contributed by atoms with E-state index in [1.54, 1.807) is 20.3 Å². The first-order valence-electron chi connectivity index (χ1n) is 5.76. The zero-order valence-corrected chi connectivity index (χ0v) is 12.5. The summed E-state index contributed by atoms with van der Waals surface area (Å²) in [5.74, 6) is 0. The van der Waals surface area contributed by atoms with Crippen molar-refractivity contribution in [2.45, 2.75) is 32.2 Å². The predicted molar refractivity (Wildman–Crippen MR) is 75.3 cm³/mol. The molecule has 2 atom stereocenters. The number of ether oxygens (including phenoxy) is 2. The fourth-order valence-corrected chi connectivity index (χ4v) is 2.49. The molecule has 0 aliphatic heterocycles. The summed E-state index contributed by atoms with van der Waals surface area (Å²) < 4.78 is 10.4. The van der Waals surface area contributed by atoms with Crippen LogP contribution in [-0.4, -0.2) is 26.6 Å². The highest BCUT2D eigenvalue weighted by Crippen LogP contribution is 2.26. The molecular weight excluding hydrogens is 273 g/mol. The minimum atomic E-state index is -0.293. The second-order valence-corrected chi connectivity index (χ2v) is 5.03. The van der Waals surface area contributed by atoms with Crippen LogP contribution in [0.3, 0.4) is 0 Å². The zero-order valence-electron chi connectivity index (χ0n) is 11.0. The molecule has 102 valence electrons. The van der Waals surface area contributed by atoms with Gasteiger partial charge in [-0.1, -0.05) is 29.3 Å². The monoisotopic (exact) mass is 291 g/mol. The van der Waals surface area contributed by atoms with Crippen LogP contribution in [0, 0.1) is 0 Å². The highest BCUT2D eigenvalue weighted by molar-refractivity contribution is 6.35. The molecule has 0 saturated heterocycles. The lowest BCUT2D eigenvalue weighted by molar-refractivity contribution is -0.120. The van der Waals surface area contributed by atoms with Gasteiger partial charge in [-0.3, -0.25) is 0 Å². The molecule has 2 unspecified atom stereocenters. The molecule has 1 aromatic carbocycles. The Labute approximate surface area is 118 Å². The average molecular weight is 292 g/mol. The van der Waals surface area contributed by atoms with Gasteiger partial charge in [0.25, 0.3) is 0 Å². The Morgan fingerprint density at radius 1 is 1.11 bits per heavy atom. The molecule has 0 spiro atoms. The molecule has 0 saturated carbocycles. The Balaban J connectivity index is 2.72. The smallest absolute Gasteiger partial charge is 0.171 e. The molecule has 0 bridgehead atoms. The van der Waals surface area contributed by atoms with E-state index in [0.717, 1.165) is 5.56 Å². The van der Waals surface area contributed by atoms with Crippen LogP contribution in [0.1, 0.15) is 25.5 Å². The van der Waals surface area contributed by atoms with Crippen molar-refractivity contribution in [3.8, 4) is 0 Å². The van der Waals surface area contributed by atoms with Gasteiger partial charge in [0.05, 0.1) is 6.04 Å². The van der Waals surface area contributed by atoms with Gasteiger partial charge in [-0.25, -0.2) is 0 Å². The second-order valence-electron chi connectivity index (χ2n) is 4.18. The topological polar surface area (TPSA) is 30.5 Å². The van der Waals surface area contributed by atoms with Gasteiger partial charge >= 0.3 is 0 Å². The van der Waals surface area contributed by atoms with Crippen LogP contribution in [0.25, 0.3) is 0 Å². The van der Waals surface area contributed by atoms with Gasteiger partial charge in [-0.15, -0.1) is 0 Å². The maximum atomic E-state index is 6.17. The maximum absolute atomic E-state index is 6.17. The second kappa shape index (κ2) is 7.31. The Morgan fingerprint density at radius 2 is 1.72 bits per heavy atom. The first-order valence-corrected chi connectivity index (χ1v) is 6.51. The van der Waals surface area contributed by atoms with Crippen molar-refractivity contribution in [2.24, 2.45) is 0 Å². The number of nitrogens with one attached hydrogen (secondary N) is 1. The molecule has 0 fully saturated rings. The molecule has 1 aromatic rings. The summed E-state index contributed by atoms with van der Waals surface area (Å²) in [7, 11) is 3.23. The number of hydrogen-bond donors (Lipinski definition) is 1. The van der Waals surface area contributed by atoms with E-state index in [0.29, 0.717) is 10.0 Å². The minimum absolute atomic E-state index is 0.0433. The lowest BCUT2D eigenvalue weighted by atomic mass is 10.1. The Hall–Kier alpha value is -0.320. The van der Waals surface area contributed by atoms with Crippen LogP contribution >= 0.6 is 23.2 Å². The third-order valence-corrected chi connectivity index (χ3v) is 3.38. The molecule has 0 aliphatic carbocycles. The summed E-state index contributed by atoms with van der Waals surface area (Å²) in [5.41, 5.74) is 0.999. The van der Waals surface area contributed by atoms with E-state index in [-0.39, 0.29) is 18.4 Å². The number of hydrogen-bond acceptors (Lipinski definition) is 3. The summed E-state index contributed by atoms with van der Waals surface area (Å²) >= 11 is 12.0. The standard InChI is InChI=1S/C13H19Cl2NO2/c1-8(16-9(2)13(17-3)18-4)11-6-5-10(14)7-12(11)15/h5-9,13,16H,1-4H3. The van der Waals surface area contributed by atoms with E-state index in [4.69, 9.17) is 32.7 Å². The van der Waals surface area contributed by atoms with Gasteiger partial charge in [-0.2, -0.15) is 0 Å². The molecule has 1 rings (SSSR count).